The molecule has 4 aromatic heterocycles. The Kier molecular flexibility index (Phi) is 8.72. The van der Waals surface area contributed by atoms with E-state index in [9.17, 15) is 13.2 Å². The highest BCUT2D eigenvalue weighted by atomic mass is 32.2. The molecular weight excluding hydrogens is 713 g/mol. The first-order valence-electron chi connectivity index (χ1n) is 18.6. The summed E-state index contributed by atoms with van der Waals surface area (Å²) in [5.74, 6) is 2.38. The van der Waals surface area contributed by atoms with E-state index in [0.717, 1.165) is 70.0 Å². The number of benzene rings is 2. The summed E-state index contributed by atoms with van der Waals surface area (Å²) in [5, 5.41) is 20.2. The van der Waals surface area contributed by atoms with E-state index in [0.29, 0.717) is 75.3 Å². The zero-order valence-electron chi connectivity index (χ0n) is 30.5. The average Bonchev–Trinajstić information content (AvgIpc) is 3.49. The maximum Gasteiger partial charge on any atom is 0.409 e. The predicted molar refractivity (Wildman–Crippen MR) is 197 cm³/mol. The number of rotatable bonds is 9. The lowest BCUT2D eigenvalue weighted by Crippen LogP contribution is -2.39. The topological polar surface area (TPSA) is 180 Å². The van der Waals surface area contributed by atoms with Crippen molar-refractivity contribution >= 4 is 37.9 Å². The van der Waals surface area contributed by atoms with E-state index in [1.54, 1.807) is 9.21 Å². The molecule has 2 aromatic carbocycles. The molecule has 0 radical (unpaired) electrons. The first-order valence-corrected chi connectivity index (χ1v) is 20.1. The van der Waals surface area contributed by atoms with Gasteiger partial charge in [0.1, 0.15) is 0 Å². The number of carbonyl (C=O) groups is 1. The molecule has 282 valence electrons. The van der Waals surface area contributed by atoms with Crippen LogP contribution in [-0.4, -0.2) is 102 Å². The number of nitrogens with zero attached hydrogens (tertiary/aromatic N) is 10. The van der Waals surface area contributed by atoms with Gasteiger partial charge in [-0.3, -0.25) is 9.36 Å². The van der Waals surface area contributed by atoms with Crippen LogP contribution in [0.1, 0.15) is 73.4 Å². The molecule has 3 fully saturated rings. The lowest BCUT2D eigenvalue weighted by Gasteiger charge is -2.29. The van der Waals surface area contributed by atoms with Crippen LogP contribution in [0.2, 0.25) is 0 Å². The van der Waals surface area contributed by atoms with Crippen LogP contribution in [0, 0.1) is 0 Å². The molecule has 6 aromatic rings. The Labute approximate surface area is 311 Å². The van der Waals surface area contributed by atoms with Crippen LogP contribution in [0.25, 0.3) is 44.7 Å². The van der Waals surface area contributed by atoms with E-state index >= 15 is 0 Å². The monoisotopic (exact) mass is 754 g/mol. The normalized spacial score (nSPS) is 17.9. The molecule has 54 heavy (non-hydrogen) atoms. The fourth-order valence-corrected chi connectivity index (χ4v) is 9.84. The number of hydrogen-bond acceptors (Lipinski definition) is 12. The van der Waals surface area contributed by atoms with E-state index < -0.39 is 10.0 Å². The number of piperidine rings is 2. The smallest absolute Gasteiger partial charge is 0.409 e. The molecule has 16 nitrogen and oxygen atoms in total. The predicted octanol–water partition coefficient (Wildman–Crippen LogP) is 4.96. The van der Waals surface area contributed by atoms with E-state index in [2.05, 4.69) is 22.4 Å². The third-order valence-corrected chi connectivity index (χ3v) is 13.6. The first kappa shape index (κ1) is 34.6. The summed E-state index contributed by atoms with van der Waals surface area (Å²) >= 11 is 0. The number of fused-ring (bicyclic) bond motifs is 2. The zero-order valence-corrected chi connectivity index (χ0v) is 31.3. The molecule has 1 amide bonds. The van der Waals surface area contributed by atoms with Crippen molar-refractivity contribution < 1.29 is 27.0 Å². The Morgan fingerprint density at radius 1 is 0.741 bits per heavy atom. The van der Waals surface area contributed by atoms with Gasteiger partial charge in [0.05, 0.1) is 34.8 Å². The van der Waals surface area contributed by atoms with Crippen LogP contribution in [-0.2, 0) is 41.7 Å². The molecule has 1 aliphatic carbocycles. The molecule has 2 aliphatic heterocycles. The summed E-state index contributed by atoms with van der Waals surface area (Å²) in [5.41, 5.74) is 5.53. The van der Waals surface area contributed by atoms with Crippen molar-refractivity contribution in [1.82, 2.24) is 49.0 Å². The second-order valence-corrected chi connectivity index (χ2v) is 16.9. The molecule has 0 bridgehead atoms. The van der Waals surface area contributed by atoms with Gasteiger partial charge in [0.25, 0.3) is 11.8 Å². The second-order valence-electron chi connectivity index (χ2n) is 14.7. The Hall–Kier alpha value is -5.16. The fraction of sp³-hybridized carbons (Fsp3) is 0.486. The standard InChI is InChI=1S/C37H42N10O6S/c1-44-31-20-24(35-38-33(42-52-35)22-12-16-46(17-13-22)37(48)51-3)4-8-27(31)29(40-44)10-11-30-28-9-5-25(21-32(28)45(2)41-30)36-39-34(43-53-36)23-14-18-47(19-15-23)54(49,50)26-6-7-26/h4-5,8-9,20-23,26H,6-7,10-19H2,1-3H3. The number of carbonyl (C=O) groups excluding carboxylic acids is 1. The molecule has 3 aliphatic rings. The molecule has 9 rings (SSSR count). The summed E-state index contributed by atoms with van der Waals surface area (Å²) in [7, 11) is 2.11. The maximum atomic E-state index is 12.7. The number of likely N-dealkylation sites (tertiary alicyclic amines) is 1. The van der Waals surface area contributed by atoms with E-state index in [-0.39, 0.29) is 23.2 Å². The van der Waals surface area contributed by atoms with Crippen LogP contribution in [0.3, 0.4) is 0 Å². The minimum Gasteiger partial charge on any atom is -0.453 e. The number of aromatic nitrogens is 8. The van der Waals surface area contributed by atoms with Gasteiger partial charge in [-0.2, -0.15) is 20.2 Å². The van der Waals surface area contributed by atoms with Crippen molar-refractivity contribution in [1.29, 1.82) is 0 Å². The minimum atomic E-state index is -3.16. The molecule has 0 N–H and O–H groups in total. The number of hydrogen-bond donors (Lipinski definition) is 0. The van der Waals surface area contributed by atoms with Crippen molar-refractivity contribution in [3.8, 4) is 22.9 Å². The van der Waals surface area contributed by atoms with Crippen LogP contribution in [0.4, 0.5) is 4.79 Å². The van der Waals surface area contributed by atoms with Gasteiger partial charge in [0.2, 0.25) is 10.0 Å². The molecule has 0 atom stereocenters. The molecular formula is C37H42N10O6S. The number of amides is 1. The van der Waals surface area contributed by atoms with Crippen LogP contribution < -0.4 is 0 Å². The van der Waals surface area contributed by atoms with Crippen molar-refractivity contribution in [2.24, 2.45) is 14.1 Å². The first-order chi connectivity index (χ1) is 26.2. The van der Waals surface area contributed by atoms with Crippen molar-refractivity contribution in [3.63, 3.8) is 0 Å². The largest absolute Gasteiger partial charge is 0.453 e. The van der Waals surface area contributed by atoms with Crippen molar-refractivity contribution in [2.45, 2.75) is 68.5 Å². The van der Waals surface area contributed by atoms with Gasteiger partial charge in [-0.05, 0) is 75.6 Å². The summed E-state index contributed by atoms with van der Waals surface area (Å²) < 4.78 is 47.0. The van der Waals surface area contributed by atoms with Crippen molar-refractivity contribution in [3.05, 3.63) is 59.4 Å². The lowest BCUT2D eigenvalue weighted by molar-refractivity contribution is 0.111. The van der Waals surface area contributed by atoms with Gasteiger partial charge >= 0.3 is 6.09 Å². The number of sulfonamides is 1. The molecule has 2 saturated heterocycles. The van der Waals surface area contributed by atoms with Gasteiger partial charge in [0.15, 0.2) is 11.6 Å². The van der Waals surface area contributed by atoms with Crippen molar-refractivity contribution in [2.75, 3.05) is 33.3 Å². The summed E-state index contributed by atoms with van der Waals surface area (Å²) in [6.07, 6.45) is 5.52. The van der Waals surface area contributed by atoms with Gasteiger partial charge < -0.3 is 18.7 Å². The van der Waals surface area contributed by atoms with Crippen LogP contribution >= 0.6 is 0 Å². The molecule has 0 spiro atoms. The third kappa shape index (κ3) is 6.32. The third-order valence-electron chi connectivity index (χ3n) is 11.2. The van der Waals surface area contributed by atoms with Gasteiger partial charge in [0, 0.05) is 74.0 Å². The Balaban J connectivity index is 0.862. The maximum absolute atomic E-state index is 12.7. The van der Waals surface area contributed by atoms with E-state index in [1.807, 2.05) is 47.7 Å². The number of ether oxygens (including phenoxy) is 1. The van der Waals surface area contributed by atoms with Gasteiger partial charge in [-0.15, -0.1) is 0 Å². The van der Waals surface area contributed by atoms with Crippen LogP contribution in [0.5, 0.6) is 0 Å². The quantitative estimate of drug-likeness (QED) is 0.194. The molecule has 0 unspecified atom stereocenters. The highest BCUT2D eigenvalue weighted by Gasteiger charge is 2.41. The fourth-order valence-electron chi connectivity index (χ4n) is 7.97. The molecule has 1 saturated carbocycles. The summed E-state index contributed by atoms with van der Waals surface area (Å²) in [6, 6.07) is 12.2. The zero-order chi connectivity index (χ0) is 37.1. The number of aryl methyl sites for hydroxylation is 4. The second kappa shape index (κ2) is 13.6. The number of methoxy groups -OCH3 is 1. The van der Waals surface area contributed by atoms with Gasteiger partial charge in [-0.1, -0.05) is 22.4 Å². The van der Waals surface area contributed by atoms with E-state index in [4.69, 9.17) is 33.9 Å². The lowest BCUT2D eigenvalue weighted by atomic mass is 9.96. The van der Waals surface area contributed by atoms with E-state index in [1.165, 1.54) is 7.11 Å². The Morgan fingerprint density at radius 3 is 1.69 bits per heavy atom. The minimum absolute atomic E-state index is 0.0659. The molecule has 17 heteroatoms. The highest BCUT2D eigenvalue weighted by Crippen LogP contribution is 2.36. The van der Waals surface area contributed by atoms with Crippen LogP contribution in [0.15, 0.2) is 45.4 Å². The highest BCUT2D eigenvalue weighted by molar-refractivity contribution is 7.90. The average molecular weight is 755 g/mol. The SMILES string of the molecule is COC(=O)N1CCC(c2noc(-c3ccc4c(CCc5nn(C)c6cc(-c7nc(C8CCN(S(=O)(=O)C9CC9)CC8)no7)ccc56)nn(C)c4c3)n2)CC1. The summed E-state index contributed by atoms with van der Waals surface area (Å²) in [4.78, 5) is 23.0. The summed E-state index contributed by atoms with van der Waals surface area (Å²) in [6.45, 7) is 2.19. The molecule has 6 heterocycles. The Bertz CT molecular complexity index is 2460. The van der Waals surface area contributed by atoms with Gasteiger partial charge in [-0.25, -0.2) is 17.5 Å². The Morgan fingerprint density at radius 2 is 1.22 bits per heavy atom.